The van der Waals surface area contributed by atoms with E-state index < -0.39 is 41.6 Å². The first kappa shape index (κ1) is 29.1. The Hall–Kier alpha value is -2.89. The fourth-order valence-corrected chi connectivity index (χ4v) is 6.09. The summed E-state index contributed by atoms with van der Waals surface area (Å²) in [5.74, 6) is -3.27. The number of thioether (sulfide) groups is 1. The summed E-state index contributed by atoms with van der Waals surface area (Å²) in [6.45, 7) is 0.968. The number of likely N-dealkylation sites (tertiary alicyclic amines) is 1. The van der Waals surface area contributed by atoms with Crippen LogP contribution in [0.1, 0.15) is 43.0 Å². The molecular formula is C28H30F4N2O4S. The van der Waals surface area contributed by atoms with Gasteiger partial charge in [0, 0.05) is 46.0 Å². The highest BCUT2D eigenvalue weighted by atomic mass is 32.2. The number of carboxylic acid groups (broad SMARTS) is 1. The number of hydrogen-bond donors (Lipinski definition) is 2. The standard InChI is InChI=1S/C28H30F4N2O4S/c1-38-19-2-3-23-20(14-19)25(17(16-35)15-33-23)21(30)4-5-28(27(36)37)6-8-34(9-7-28)10-11-39-24-13-18(29)12-22(31)26(24)32/h2-3,12-15,21,35H,4-11,16H2,1H3,(H,36,37)/t21-/m1/s1. The maximum Gasteiger partial charge on any atom is 0.309 e. The first-order chi connectivity index (χ1) is 18.7. The third kappa shape index (κ3) is 6.47. The highest BCUT2D eigenvalue weighted by molar-refractivity contribution is 7.99. The van der Waals surface area contributed by atoms with Crippen LogP contribution in [0, 0.1) is 22.9 Å². The molecule has 0 amide bonds. The minimum atomic E-state index is -1.52. The summed E-state index contributed by atoms with van der Waals surface area (Å²) in [6.07, 6.45) is 0.594. The number of methoxy groups -OCH3 is 1. The van der Waals surface area contributed by atoms with Crippen molar-refractivity contribution in [3.63, 3.8) is 0 Å². The van der Waals surface area contributed by atoms with Crippen LogP contribution in [-0.2, 0) is 11.4 Å². The van der Waals surface area contributed by atoms with Crippen LogP contribution < -0.4 is 4.74 Å². The lowest BCUT2D eigenvalue weighted by molar-refractivity contribution is -0.153. The second-order valence-electron chi connectivity index (χ2n) is 9.72. The fraction of sp³-hybridized carbons (Fsp3) is 0.429. The van der Waals surface area contributed by atoms with Gasteiger partial charge in [-0.1, -0.05) is 0 Å². The van der Waals surface area contributed by atoms with Gasteiger partial charge in [0.15, 0.2) is 11.6 Å². The average molecular weight is 567 g/mol. The van der Waals surface area contributed by atoms with E-state index in [2.05, 4.69) is 4.98 Å². The topological polar surface area (TPSA) is 82.9 Å². The summed E-state index contributed by atoms with van der Waals surface area (Å²) in [5.41, 5.74) is 0.0729. The molecule has 11 heteroatoms. The Bertz CT molecular complexity index is 1330. The van der Waals surface area contributed by atoms with Gasteiger partial charge in [0.05, 0.1) is 24.6 Å². The molecule has 1 fully saturated rings. The van der Waals surface area contributed by atoms with Crippen LogP contribution in [-0.4, -0.2) is 58.6 Å². The van der Waals surface area contributed by atoms with Gasteiger partial charge in [0.25, 0.3) is 0 Å². The molecule has 3 aromatic rings. The van der Waals surface area contributed by atoms with Crippen molar-refractivity contribution >= 4 is 28.6 Å². The van der Waals surface area contributed by atoms with Gasteiger partial charge in [-0.05, 0) is 63.0 Å². The molecule has 0 radical (unpaired) electrons. The first-order valence-electron chi connectivity index (χ1n) is 12.6. The smallest absolute Gasteiger partial charge is 0.309 e. The number of ether oxygens (including phenoxy) is 1. The van der Waals surface area contributed by atoms with E-state index in [-0.39, 0.29) is 23.3 Å². The van der Waals surface area contributed by atoms with Crippen LogP contribution in [0.3, 0.4) is 0 Å². The maximum absolute atomic E-state index is 15.8. The Morgan fingerprint density at radius 3 is 2.62 bits per heavy atom. The van der Waals surface area contributed by atoms with Gasteiger partial charge in [0.1, 0.15) is 17.7 Å². The summed E-state index contributed by atoms with van der Waals surface area (Å²) in [6, 6.07) is 6.53. The summed E-state index contributed by atoms with van der Waals surface area (Å²) >= 11 is 0.997. The fourth-order valence-electron chi connectivity index (χ4n) is 5.10. The Morgan fingerprint density at radius 2 is 1.95 bits per heavy atom. The van der Waals surface area contributed by atoms with Crippen LogP contribution in [0.25, 0.3) is 10.9 Å². The first-order valence-corrected chi connectivity index (χ1v) is 13.6. The molecule has 6 nitrogen and oxygen atoms in total. The quantitative estimate of drug-likeness (QED) is 0.170. The average Bonchev–Trinajstić information content (AvgIpc) is 2.93. The van der Waals surface area contributed by atoms with Gasteiger partial charge in [-0.15, -0.1) is 11.8 Å². The minimum Gasteiger partial charge on any atom is -0.497 e. The summed E-state index contributed by atoms with van der Waals surface area (Å²) in [7, 11) is 1.50. The Kier molecular flexibility index (Phi) is 9.35. The van der Waals surface area contributed by atoms with Gasteiger partial charge in [-0.3, -0.25) is 9.78 Å². The van der Waals surface area contributed by atoms with E-state index in [1.165, 1.54) is 13.3 Å². The van der Waals surface area contributed by atoms with Crippen molar-refractivity contribution in [3.8, 4) is 5.75 Å². The number of aliphatic carboxylic acids is 1. The molecule has 1 aliphatic rings. The number of rotatable bonds is 11. The molecule has 39 heavy (non-hydrogen) atoms. The summed E-state index contributed by atoms with van der Waals surface area (Å²) < 4.78 is 61.8. The van der Waals surface area contributed by atoms with Gasteiger partial charge >= 0.3 is 5.97 Å². The number of nitrogens with zero attached hydrogens (tertiary/aromatic N) is 2. The van der Waals surface area contributed by atoms with Crippen LogP contribution >= 0.6 is 11.8 Å². The molecule has 1 saturated heterocycles. The summed E-state index contributed by atoms with van der Waals surface area (Å²) in [4.78, 5) is 18.5. The van der Waals surface area contributed by atoms with Gasteiger partial charge in [-0.25, -0.2) is 17.6 Å². The van der Waals surface area contributed by atoms with Crippen molar-refractivity contribution in [1.29, 1.82) is 0 Å². The molecule has 4 rings (SSSR count). The summed E-state index contributed by atoms with van der Waals surface area (Å²) in [5, 5.41) is 20.4. The van der Waals surface area contributed by atoms with E-state index in [4.69, 9.17) is 4.74 Å². The Morgan fingerprint density at radius 1 is 1.21 bits per heavy atom. The number of fused-ring (bicyclic) bond motifs is 1. The number of piperidine rings is 1. The number of carboxylic acids is 1. The molecule has 1 atom stereocenters. The Labute approximate surface area is 228 Å². The Balaban J connectivity index is 1.39. The normalized spacial score (nSPS) is 16.4. The van der Waals surface area contributed by atoms with Crippen molar-refractivity contribution in [2.45, 2.75) is 43.4 Å². The maximum atomic E-state index is 15.8. The third-order valence-corrected chi connectivity index (χ3v) is 8.45. The van der Waals surface area contributed by atoms with Gasteiger partial charge in [-0.2, -0.15) is 0 Å². The lowest BCUT2D eigenvalue weighted by Gasteiger charge is -2.39. The lowest BCUT2D eigenvalue weighted by atomic mass is 9.74. The van der Waals surface area contributed by atoms with Crippen molar-refractivity contribution in [2.75, 3.05) is 32.5 Å². The van der Waals surface area contributed by atoms with Crippen LogP contribution in [0.2, 0.25) is 0 Å². The zero-order chi connectivity index (χ0) is 28.2. The molecule has 0 saturated carbocycles. The van der Waals surface area contributed by atoms with Crippen LogP contribution in [0.15, 0.2) is 41.4 Å². The molecule has 0 aliphatic carbocycles. The van der Waals surface area contributed by atoms with Gasteiger partial charge in [0.2, 0.25) is 0 Å². The molecule has 0 spiro atoms. The molecule has 2 aromatic carbocycles. The van der Waals surface area contributed by atoms with E-state index in [1.807, 2.05) is 4.90 Å². The third-order valence-electron chi connectivity index (χ3n) is 7.45. The molecule has 0 bridgehead atoms. The number of aliphatic hydroxyl groups is 1. The number of aliphatic hydroxyl groups excluding tert-OH is 1. The van der Waals surface area contributed by atoms with E-state index in [0.717, 1.165) is 17.8 Å². The number of aromatic nitrogens is 1. The monoisotopic (exact) mass is 566 g/mol. The second kappa shape index (κ2) is 12.5. The number of benzene rings is 2. The number of halogens is 4. The number of carbonyl (C=O) groups is 1. The van der Waals surface area contributed by atoms with Crippen molar-refractivity contribution in [1.82, 2.24) is 9.88 Å². The number of hydrogen-bond acceptors (Lipinski definition) is 6. The van der Waals surface area contributed by atoms with Gasteiger partial charge < -0.3 is 19.8 Å². The highest BCUT2D eigenvalue weighted by Crippen LogP contribution is 2.41. The zero-order valence-electron chi connectivity index (χ0n) is 21.4. The molecular weight excluding hydrogens is 536 g/mol. The molecule has 2 N–H and O–H groups in total. The molecule has 0 unspecified atom stereocenters. The molecule has 210 valence electrons. The number of pyridine rings is 1. The zero-order valence-corrected chi connectivity index (χ0v) is 22.2. The van der Waals surface area contributed by atoms with E-state index >= 15 is 4.39 Å². The highest BCUT2D eigenvalue weighted by Gasteiger charge is 2.41. The number of alkyl halides is 1. The van der Waals surface area contributed by atoms with E-state index in [0.29, 0.717) is 66.5 Å². The predicted molar refractivity (Wildman–Crippen MR) is 140 cm³/mol. The lowest BCUT2D eigenvalue weighted by Crippen LogP contribution is -2.45. The molecule has 1 aromatic heterocycles. The van der Waals surface area contributed by atoms with Crippen molar-refractivity contribution in [3.05, 3.63) is 65.1 Å². The largest absolute Gasteiger partial charge is 0.497 e. The van der Waals surface area contributed by atoms with Crippen molar-refractivity contribution < 1.29 is 37.3 Å². The SMILES string of the molecule is COc1ccc2ncc(CO)c([C@H](F)CCC3(C(=O)O)CCN(CCSc4cc(F)cc(F)c4F)CC3)c2c1. The molecule has 1 aliphatic heterocycles. The van der Waals surface area contributed by atoms with E-state index in [1.54, 1.807) is 18.2 Å². The second-order valence-corrected chi connectivity index (χ2v) is 10.9. The van der Waals surface area contributed by atoms with Crippen LogP contribution in [0.4, 0.5) is 17.6 Å². The predicted octanol–water partition coefficient (Wildman–Crippen LogP) is 5.90. The van der Waals surface area contributed by atoms with E-state index in [9.17, 15) is 28.2 Å². The minimum absolute atomic E-state index is 0.0457. The van der Waals surface area contributed by atoms with Crippen molar-refractivity contribution in [2.24, 2.45) is 5.41 Å². The molecule has 2 heterocycles. The van der Waals surface area contributed by atoms with Crippen LogP contribution in [0.5, 0.6) is 5.75 Å².